The second-order valence-corrected chi connectivity index (χ2v) is 6.26. The van der Waals surface area contributed by atoms with E-state index in [0.29, 0.717) is 0 Å². The number of benzene rings is 1. The Hall–Kier alpha value is -1.49. The third-order valence-electron chi connectivity index (χ3n) is 3.47. The average Bonchev–Trinajstić information content (AvgIpc) is 2.90. The molecule has 1 aliphatic heterocycles. The number of thioether (sulfide) groups is 1. The highest BCUT2D eigenvalue weighted by Gasteiger charge is 2.45. The number of hydrogen-bond donors (Lipinski definition) is 1. The Labute approximate surface area is 115 Å². The lowest BCUT2D eigenvalue weighted by Crippen LogP contribution is -2.33. The van der Waals surface area contributed by atoms with Gasteiger partial charge in [0.2, 0.25) is 0 Å². The van der Waals surface area contributed by atoms with Crippen molar-refractivity contribution in [3.8, 4) is 0 Å². The van der Waals surface area contributed by atoms with E-state index in [1.807, 2.05) is 31.2 Å². The molecule has 19 heavy (non-hydrogen) atoms. The Bertz CT molecular complexity index is 592. The molecular formula is C14H16N2O2S. The molecule has 0 amide bonds. The lowest BCUT2D eigenvalue weighted by Gasteiger charge is -2.28. The van der Waals surface area contributed by atoms with Gasteiger partial charge in [-0.25, -0.2) is 4.98 Å². The highest BCUT2D eigenvalue weighted by Crippen LogP contribution is 2.48. The summed E-state index contributed by atoms with van der Waals surface area (Å²) in [5.41, 5.74) is 1.51. The molecule has 3 rings (SSSR count). The topological polar surface area (TPSA) is 55.0 Å². The molecule has 0 radical (unpaired) electrons. The molecule has 2 atom stereocenters. The summed E-state index contributed by atoms with van der Waals surface area (Å²) in [4.78, 5) is 19.3. The monoisotopic (exact) mass is 276 g/mol. The molecule has 0 saturated carbocycles. The maximum Gasteiger partial charge on any atom is 0.303 e. The van der Waals surface area contributed by atoms with Crippen LogP contribution in [0.5, 0.6) is 0 Å². The zero-order valence-electron chi connectivity index (χ0n) is 11.0. The molecule has 1 aromatic carbocycles. The van der Waals surface area contributed by atoms with E-state index in [4.69, 9.17) is 4.74 Å². The summed E-state index contributed by atoms with van der Waals surface area (Å²) in [6.45, 7) is 3.45. The molecule has 1 aliphatic rings. The number of imidazole rings is 1. The number of carbonyl (C=O) groups is 1. The fraction of sp³-hybridized carbons (Fsp3) is 0.429. The van der Waals surface area contributed by atoms with Crippen LogP contribution in [0.25, 0.3) is 11.0 Å². The van der Waals surface area contributed by atoms with E-state index in [1.54, 1.807) is 11.8 Å². The summed E-state index contributed by atoms with van der Waals surface area (Å²) in [5, 5.41) is 0.0730. The van der Waals surface area contributed by atoms with E-state index in [9.17, 15) is 4.79 Å². The second kappa shape index (κ2) is 4.56. The number of esters is 1. The molecule has 1 fully saturated rings. The molecule has 1 aromatic heterocycles. The maximum atomic E-state index is 11.3. The van der Waals surface area contributed by atoms with Gasteiger partial charge in [0.05, 0.1) is 11.0 Å². The van der Waals surface area contributed by atoms with Gasteiger partial charge in [0, 0.05) is 6.92 Å². The predicted octanol–water partition coefficient (Wildman–Crippen LogP) is 3.06. The molecule has 0 bridgehead atoms. The molecule has 2 heterocycles. The molecular weight excluding hydrogens is 260 g/mol. The lowest BCUT2D eigenvalue weighted by atomic mass is 9.98. The smallest absolute Gasteiger partial charge is 0.303 e. The van der Waals surface area contributed by atoms with Crippen molar-refractivity contribution in [3.05, 3.63) is 30.1 Å². The van der Waals surface area contributed by atoms with Gasteiger partial charge >= 0.3 is 5.97 Å². The highest BCUT2D eigenvalue weighted by molar-refractivity contribution is 7.99. The highest BCUT2D eigenvalue weighted by atomic mass is 32.2. The van der Waals surface area contributed by atoms with E-state index in [-0.39, 0.29) is 11.2 Å². The molecule has 5 heteroatoms. The van der Waals surface area contributed by atoms with Crippen molar-refractivity contribution < 1.29 is 9.53 Å². The Morgan fingerprint density at radius 1 is 1.53 bits per heavy atom. The van der Waals surface area contributed by atoms with E-state index < -0.39 is 5.60 Å². The first kappa shape index (κ1) is 12.5. The van der Waals surface area contributed by atoms with Gasteiger partial charge in [-0.3, -0.25) is 4.79 Å². The Morgan fingerprint density at radius 2 is 2.32 bits per heavy atom. The summed E-state index contributed by atoms with van der Waals surface area (Å²) in [6, 6.07) is 7.95. The van der Waals surface area contributed by atoms with Crippen LogP contribution in [0.1, 0.15) is 31.3 Å². The van der Waals surface area contributed by atoms with E-state index in [2.05, 4.69) is 9.97 Å². The fourth-order valence-corrected chi connectivity index (χ4v) is 4.13. The van der Waals surface area contributed by atoms with E-state index in [0.717, 1.165) is 29.0 Å². The SMILES string of the molecule is CC(=O)O[C@@]1(C)CCS[C@H]1c1nc2ccccc2[nH]1. The number of para-hydroxylation sites is 2. The van der Waals surface area contributed by atoms with Crippen molar-refractivity contribution in [3.63, 3.8) is 0 Å². The number of fused-ring (bicyclic) bond motifs is 1. The number of hydrogen-bond acceptors (Lipinski definition) is 4. The number of ether oxygens (including phenoxy) is 1. The van der Waals surface area contributed by atoms with Gasteiger partial charge in [0.25, 0.3) is 0 Å². The minimum absolute atomic E-state index is 0.0730. The van der Waals surface area contributed by atoms with Crippen LogP contribution in [0.15, 0.2) is 24.3 Å². The van der Waals surface area contributed by atoms with Crippen molar-refractivity contribution in [1.82, 2.24) is 9.97 Å². The summed E-state index contributed by atoms with van der Waals surface area (Å²) in [5.74, 6) is 1.64. The zero-order valence-corrected chi connectivity index (χ0v) is 11.8. The van der Waals surface area contributed by atoms with Crippen LogP contribution in [-0.2, 0) is 9.53 Å². The van der Waals surface area contributed by atoms with Crippen LogP contribution in [0.4, 0.5) is 0 Å². The summed E-state index contributed by atoms with van der Waals surface area (Å²) >= 11 is 1.79. The maximum absolute atomic E-state index is 11.3. The van der Waals surface area contributed by atoms with Crippen LogP contribution in [0.3, 0.4) is 0 Å². The summed E-state index contributed by atoms with van der Waals surface area (Å²) in [7, 11) is 0. The van der Waals surface area contributed by atoms with E-state index >= 15 is 0 Å². The van der Waals surface area contributed by atoms with Crippen LogP contribution in [-0.4, -0.2) is 27.3 Å². The number of nitrogens with one attached hydrogen (secondary N) is 1. The molecule has 2 aromatic rings. The standard InChI is InChI=1S/C14H16N2O2S/c1-9(17)18-14(2)7-8-19-12(14)13-15-10-5-3-4-6-11(10)16-13/h3-6,12H,7-8H2,1-2H3,(H,15,16)/t12-,14-/m0/s1. The van der Waals surface area contributed by atoms with Gasteiger partial charge < -0.3 is 9.72 Å². The normalized spacial score (nSPS) is 26.7. The first-order valence-corrected chi connectivity index (χ1v) is 7.39. The van der Waals surface area contributed by atoms with Gasteiger partial charge in [-0.1, -0.05) is 12.1 Å². The molecule has 100 valence electrons. The van der Waals surface area contributed by atoms with E-state index in [1.165, 1.54) is 6.92 Å². The molecule has 0 unspecified atom stereocenters. The van der Waals surface area contributed by atoms with Gasteiger partial charge in [0.15, 0.2) is 0 Å². The number of carbonyl (C=O) groups excluding carboxylic acids is 1. The third-order valence-corrected chi connectivity index (χ3v) is 4.97. The van der Waals surface area contributed by atoms with Gasteiger partial charge in [-0.05, 0) is 31.2 Å². The molecule has 1 N–H and O–H groups in total. The Morgan fingerprint density at radius 3 is 3.05 bits per heavy atom. The van der Waals surface area contributed by atoms with Crippen LogP contribution in [0.2, 0.25) is 0 Å². The third kappa shape index (κ3) is 2.23. The molecule has 0 aliphatic carbocycles. The summed E-state index contributed by atoms with van der Waals surface area (Å²) in [6.07, 6.45) is 0.860. The van der Waals surface area contributed by atoms with Gasteiger partial charge in [-0.15, -0.1) is 11.8 Å². The van der Waals surface area contributed by atoms with Crippen molar-refractivity contribution >= 4 is 28.8 Å². The molecule has 1 saturated heterocycles. The Balaban J connectivity index is 1.97. The first-order chi connectivity index (χ1) is 9.08. The van der Waals surface area contributed by atoms with Crippen LogP contribution in [0, 0.1) is 0 Å². The number of aromatic nitrogens is 2. The first-order valence-electron chi connectivity index (χ1n) is 6.34. The quantitative estimate of drug-likeness (QED) is 0.856. The van der Waals surface area contributed by atoms with Crippen molar-refractivity contribution in [2.75, 3.05) is 5.75 Å². The fourth-order valence-electron chi connectivity index (χ4n) is 2.58. The van der Waals surface area contributed by atoms with Crippen molar-refractivity contribution in [1.29, 1.82) is 0 Å². The van der Waals surface area contributed by atoms with Crippen LogP contribution >= 0.6 is 11.8 Å². The van der Waals surface area contributed by atoms with Crippen molar-refractivity contribution in [2.24, 2.45) is 0 Å². The molecule has 4 nitrogen and oxygen atoms in total. The lowest BCUT2D eigenvalue weighted by molar-refractivity contribution is -0.155. The number of nitrogens with zero attached hydrogens (tertiary/aromatic N) is 1. The average molecular weight is 276 g/mol. The number of aromatic amines is 1. The molecule has 0 spiro atoms. The van der Waals surface area contributed by atoms with Crippen molar-refractivity contribution in [2.45, 2.75) is 31.1 Å². The zero-order chi connectivity index (χ0) is 13.5. The Kier molecular flexibility index (Phi) is 3.01. The number of rotatable bonds is 2. The predicted molar refractivity (Wildman–Crippen MR) is 76.1 cm³/mol. The minimum Gasteiger partial charge on any atom is -0.458 e. The number of H-pyrrole nitrogens is 1. The van der Waals surface area contributed by atoms with Gasteiger partial charge in [-0.2, -0.15) is 0 Å². The van der Waals surface area contributed by atoms with Crippen LogP contribution < -0.4 is 0 Å². The second-order valence-electron chi connectivity index (χ2n) is 5.05. The largest absolute Gasteiger partial charge is 0.458 e. The van der Waals surface area contributed by atoms with Gasteiger partial charge in [0.1, 0.15) is 16.7 Å². The summed E-state index contributed by atoms with van der Waals surface area (Å²) < 4.78 is 5.54. The minimum atomic E-state index is -0.468.